The smallest absolute Gasteiger partial charge is 0.222 e. The summed E-state index contributed by atoms with van der Waals surface area (Å²) in [7, 11) is 3.18. The average molecular weight is 327 g/mol. The number of halogens is 1. The monoisotopic (exact) mass is 326 g/mol. The number of hydrogen-bond donors (Lipinski definition) is 1. The van der Waals surface area contributed by atoms with Crippen LogP contribution in [0.1, 0.15) is 18.4 Å². The third-order valence-corrected chi connectivity index (χ3v) is 4.15. The van der Waals surface area contributed by atoms with Gasteiger partial charge in [-0.15, -0.1) is 0 Å². The summed E-state index contributed by atoms with van der Waals surface area (Å²) in [5.74, 6) is 1.47. The third-order valence-electron chi connectivity index (χ3n) is 3.86. The first-order valence-electron chi connectivity index (χ1n) is 7.54. The maximum absolute atomic E-state index is 12.3. The van der Waals surface area contributed by atoms with Crippen LogP contribution in [0.3, 0.4) is 0 Å². The number of nitrogens with one attached hydrogen (secondary N) is 1. The number of rotatable bonds is 5. The number of hydrogen-bond acceptors (Lipinski definition) is 4. The molecule has 0 spiro atoms. The lowest BCUT2D eigenvalue weighted by Crippen LogP contribution is -2.34. The highest BCUT2D eigenvalue weighted by molar-refractivity contribution is 6.32. The fourth-order valence-electron chi connectivity index (χ4n) is 2.61. The molecule has 1 aliphatic rings. The standard InChI is InChI=1S/C16H23ClN2O3/c1-21-14-11-13(17)15(22-2)10-12(14)4-5-16(20)19-8-3-6-18-7-9-19/h10-11,18H,3-9H2,1-2H3. The van der Waals surface area contributed by atoms with Gasteiger partial charge in [-0.25, -0.2) is 0 Å². The van der Waals surface area contributed by atoms with Crippen molar-refractivity contribution in [3.05, 3.63) is 22.7 Å². The lowest BCUT2D eigenvalue weighted by Gasteiger charge is -2.20. The molecule has 0 unspecified atom stereocenters. The molecule has 1 fully saturated rings. The Hall–Kier alpha value is -1.46. The van der Waals surface area contributed by atoms with Gasteiger partial charge in [0.1, 0.15) is 11.5 Å². The van der Waals surface area contributed by atoms with Crippen LogP contribution in [0.2, 0.25) is 5.02 Å². The Bertz CT molecular complexity index is 514. The molecule has 0 atom stereocenters. The Morgan fingerprint density at radius 2 is 2.00 bits per heavy atom. The molecule has 0 saturated carbocycles. The molecule has 1 heterocycles. The number of ether oxygens (including phenoxy) is 2. The molecule has 1 amide bonds. The summed E-state index contributed by atoms with van der Waals surface area (Å²) in [5.41, 5.74) is 0.935. The molecule has 1 N–H and O–H groups in total. The number of aryl methyl sites for hydroxylation is 1. The Morgan fingerprint density at radius 1 is 1.23 bits per heavy atom. The molecule has 0 aromatic heterocycles. The van der Waals surface area contributed by atoms with Crippen molar-refractivity contribution >= 4 is 17.5 Å². The number of nitrogens with zero attached hydrogens (tertiary/aromatic N) is 1. The van der Waals surface area contributed by atoms with Crippen LogP contribution in [0, 0.1) is 0 Å². The molecule has 1 aromatic rings. The molecule has 122 valence electrons. The van der Waals surface area contributed by atoms with Crippen LogP contribution >= 0.6 is 11.6 Å². The summed E-state index contributed by atoms with van der Waals surface area (Å²) < 4.78 is 10.6. The predicted octanol–water partition coefficient (Wildman–Crippen LogP) is 2.11. The first kappa shape index (κ1) is 16.9. The second-order valence-electron chi connectivity index (χ2n) is 5.28. The highest BCUT2D eigenvalue weighted by atomic mass is 35.5. The van der Waals surface area contributed by atoms with Crippen molar-refractivity contribution in [1.82, 2.24) is 10.2 Å². The molecule has 1 saturated heterocycles. The first-order chi connectivity index (χ1) is 10.7. The SMILES string of the molecule is COc1cc(CCC(=O)N2CCCNCC2)c(OC)cc1Cl. The predicted molar refractivity (Wildman–Crippen MR) is 86.9 cm³/mol. The lowest BCUT2D eigenvalue weighted by atomic mass is 10.1. The van der Waals surface area contributed by atoms with Crippen LogP contribution in [0.4, 0.5) is 0 Å². The molecule has 2 rings (SSSR count). The van der Waals surface area contributed by atoms with Crippen LogP contribution in [-0.4, -0.2) is 51.2 Å². The number of amides is 1. The van der Waals surface area contributed by atoms with E-state index in [-0.39, 0.29) is 5.91 Å². The van der Waals surface area contributed by atoms with Gasteiger partial charge in [-0.1, -0.05) is 11.6 Å². The van der Waals surface area contributed by atoms with Crippen molar-refractivity contribution in [3.8, 4) is 11.5 Å². The van der Waals surface area contributed by atoms with Gasteiger partial charge in [0.05, 0.1) is 19.2 Å². The molecule has 6 heteroatoms. The van der Waals surface area contributed by atoms with Crippen molar-refractivity contribution in [2.45, 2.75) is 19.3 Å². The van der Waals surface area contributed by atoms with Crippen molar-refractivity contribution in [1.29, 1.82) is 0 Å². The second-order valence-corrected chi connectivity index (χ2v) is 5.69. The summed E-state index contributed by atoms with van der Waals surface area (Å²) in [6, 6.07) is 3.58. The summed E-state index contributed by atoms with van der Waals surface area (Å²) in [6.07, 6.45) is 2.07. The quantitative estimate of drug-likeness (QED) is 0.900. The minimum Gasteiger partial charge on any atom is -0.496 e. The van der Waals surface area contributed by atoms with Gasteiger partial charge in [0.2, 0.25) is 5.91 Å². The Morgan fingerprint density at radius 3 is 2.73 bits per heavy atom. The van der Waals surface area contributed by atoms with Crippen molar-refractivity contribution in [2.75, 3.05) is 40.4 Å². The van der Waals surface area contributed by atoms with Gasteiger partial charge in [0.15, 0.2) is 0 Å². The first-order valence-corrected chi connectivity index (χ1v) is 7.92. The van der Waals surface area contributed by atoms with E-state index in [2.05, 4.69) is 5.32 Å². The molecule has 22 heavy (non-hydrogen) atoms. The summed E-state index contributed by atoms with van der Waals surface area (Å²) in [6.45, 7) is 3.45. The highest BCUT2D eigenvalue weighted by Crippen LogP contribution is 2.33. The van der Waals surface area contributed by atoms with E-state index in [9.17, 15) is 4.79 Å². The summed E-state index contributed by atoms with van der Waals surface area (Å²) in [5, 5.41) is 3.81. The maximum atomic E-state index is 12.3. The van der Waals surface area contributed by atoms with Crippen LogP contribution in [-0.2, 0) is 11.2 Å². The van der Waals surface area contributed by atoms with Crippen LogP contribution in [0.25, 0.3) is 0 Å². The molecular weight excluding hydrogens is 304 g/mol. The van der Waals surface area contributed by atoms with Gasteiger partial charge in [-0.2, -0.15) is 0 Å². The van der Waals surface area contributed by atoms with Crippen LogP contribution < -0.4 is 14.8 Å². The van der Waals surface area contributed by atoms with Crippen LogP contribution in [0.15, 0.2) is 12.1 Å². The molecular formula is C16H23ClN2O3. The number of benzene rings is 1. The average Bonchev–Trinajstić information content (AvgIpc) is 2.82. The van der Waals surface area contributed by atoms with E-state index < -0.39 is 0 Å². The number of carbonyl (C=O) groups excluding carboxylic acids is 1. The second kappa shape index (κ2) is 8.25. The molecule has 0 bridgehead atoms. The number of carbonyl (C=O) groups is 1. The van der Waals surface area contributed by atoms with Crippen molar-refractivity contribution < 1.29 is 14.3 Å². The highest BCUT2D eigenvalue weighted by Gasteiger charge is 2.17. The van der Waals surface area contributed by atoms with E-state index in [0.29, 0.717) is 29.4 Å². The Balaban J connectivity index is 2.02. The van der Waals surface area contributed by atoms with Gasteiger partial charge in [-0.05, 0) is 31.0 Å². The number of methoxy groups -OCH3 is 2. The van der Waals surface area contributed by atoms with Crippen molar-refractivity contribution in [2.24, 2.45) is 0 Å². The van der Waals surface area contributed by atoms with Gasteiger partial charge in [0, 0.05) is 32.1 Å². The Labute approximate surface area is 136 Å². The van der Waals surface area contributed by atoms with E-state index in [1.165, 1.54) is 0 Å². The zero-order valence-electron chi connectivity index (χ0n) is 13.2. The fraction of sp³-hybridized carbons (Fsp3) is 0.562. The van der Waals surface area contributed by atoms with Gasteiger partial charge >= 0.3 is 0 Å². The van der Waals surface area contributed by atoms with E-state index in [1.807, 2.05) is 11.0 Å². The van der Waals surface area contributed by atoms with Gasteiger partial charge in [-0.3, -0.25) is 4.79 Å². The minimum atomic E-state index is 0.180. The van der Waals surface area contributed by atoms with Crippen LogP contribution in [0.5, 0.6) is 11.5 Å². The van der Waals surface area contributed by atoms with E-state index in [0.717, 1.165) is 38.2 Å². The summed E-state index contributed by atoms with van der Waals surface area (Å²) >= 11 is 6.10. The van der Waals surface area contributed by atoms with Crippen molar-refractivity contribution in [3.63, 3.8) is 0 Å². The summed E-state index contributed by atoms with van der Waals surface area (Å²) in [4.78, 5) is 14.3. The Kier molecular flexibility index (Phi) is 6.34. The van der Waals surface area contributed by atoms with E-state index in [4.69, 9.17) is 21.1 Å². The van der Waals surface area contributed by atoms with E-state index >= 15 is 0 Å². The topological polar surface area (TPSA) is 50.8 Å². The molecule has 0 radical (unpaired) electrons. The lowest BCUT2D eigenvalue weighted by molar-refractivity contribution is -0.130. The third kappa shape index (κ3) is 4.27. The maximum Gasteiger partial charge on any atom is 0.222 e. The zero-order valence-corrected chi connectivity index (χ0v) is 13.9. The zero-order chi connectivity index (χ0) is 15.9. The van der Waals surface area contributed by atoms with E-state index in [1.54, 1.807) is 20.3 Å². The molecule has 1 aromatic carbocycles. The normalized spacial score (nSPS) is 15.3. The molecule has 5 nitrogen and oxygen atoms in total. The van der Waals surface area contributed by atoms with Gasteiger partial charge in [0.25, 0.3) is 0 Å². The fourth-order valence-corrected chi connectivity index (χ4v) is 2.84. The molecule has 1 aliphatic heterocycles. The van der Waals surface area contributed by atoms with Gasteiger partial charge < -0.3 is 19.7 Å². The largest absolute Gasteiger partial charge is 0.496 e. The molecule has 0 aliphatic carbocycles. The minimum absolute atomic E-state index is 0.180.